The van der Waals surface area contributed by atoms with Gasteiger partial charge in [0.25, 0.3) is 0 Å². The van der Waals surface area contributed by atoms with Crippen LogP contribution >= 0.6 is 0 Å². The first-order chi connectivity index (χ1) is 10.7. The number of aryl methyl sites for hydroxylation is 1. The molecule has 4 nitrogen and oxygen atoms in total. The number of aliphatic hydroxyl groups excluding tert-OH is 1. The summed E-state index contributed by atoms with van der Waals surface area (Å²) in [4.78, 5) is 10.2. The van der Waals surface area contributed by atoms with Gasteiger partial charge in [-0.15, -0.1) is 0 Å². The molecule has 2 aromatic carbocycles. The number of aromatic amines is 1. The molecule has 0 unspecified atom stereocenters. The van der Waals surface area contributed by atoms with Gasteiger partial charge in [-0.2, -0.15) is 0 Å². The fourth-order valence-corrected chi connectivity index (χ4v) is 2.66. The third-order valence-corrected chi connectivity index (χ3v) is 3.73. The van der Waals surface area contributed by atoms with Gasteiger partial charge in [-0.3, -0.25) is 4.90 Å². The molecule has 0 radical (unpaired) electrons. The number of imidazole rings is 1. The topological polar surface area (TPSA) is 52.1 Å². The molecule has 1 aromatic heterocycles. The summed E-state index contributed by atoms with van der Waals surface area (Å²) in [6.45, 7) is 4.35. The number of aromatic nitrogens is 2. The number of nitrogens with one attached hydrogen (secondary N) is 1. The first-order valence-electron chi connectivity index (χ1n) is 7.57. The number of hydrogen-bond acceptors (Lipinski definition) is 3. The van der Waals surface area contributed by atoms with E-state index in [1.165, 1.54) is 11.1 Å². The minimum Gasteiger partial charge on any atom is -0.395 e. The third-order valence-electron chi connectivity index (χ3n) is 3.73. The summed E-state index contributed by atoms with van der Waals surface area (Å²) >= 11 is 0. The van der Waals surface area contributed by atoms with Gasteiger partial charge < -0.3 is 10.1 Å². The van der Waals surface area contributed by atoms with Gasteiger partial charge in [0.1, 0.15) is 5.82 Å². The van der Waals surface area contributed by atoms with Gasteiger partial charge in [0, 0.05) is 13.1 Å². The standard InChI is InChI=1S/C18H21N3O/c1-14-7-8-16-17(11-14)20-18(19-16)13-21(9-10-22)12-15-5-3-2-4-6-15/h2-8,11,22H,9-10,12-13H2,1H3,(H,19,20). The van der Waals surface area contributed by atoms with E-state index in [4.69, 9.17) is 0 Å². The lowest BCUT2D eigenvalue weighted by Crippen LogP contribution is -2.26. The Kier molecular flexibility index (Phi) is 4.51. The van der Waals surface area contributed by atoms with Gasteiger partial charge in [-0.1, -0.05) is 36.4 Å². The largest absolute Gasteiger partial charge is 0.395 e. The van der Waals surface area contributed by atoms with Crippen molar-refractivity contribution in [2.24, 2.45) is 0 Å². The molecule has 2 N–H and O–H groups in total. The van der Waals surface area contributed by atoms with Crippen LogP contribution in [0.25, 0.3) is 11.0 Å². The monoisotopic (exact) mass is 295 g/mol. The van der Waals surface area contributed by atoms with Crippen LogP contribution in [0.2, 0.25) is 0 Å². The molecule has 0 aliphatic carbocycles. The third kappa shape index (κ3) is 3.53. The fourth-order valence-electron chi connectivity index (χ4n) is 2.66. The molecule has 0 spiro atoms. The Labute approximate surface area is 130 Å². The molecule has 0 aliphatic rings. The van der Waals surface area contributed by atoms with E-state index in [1.54, 1.807) is 0 Å². The lowest BCUT2D eigenvalue weighted by Gasteiger charge is -2.20. The Bertz CT molecular complexity index is 736. The van der Waals surface area contributed by atoms with Crippen molar-refractivity contribution < 1.29 is 5.11 Å². The number of H-pyrrole nitrogens is 1. The average molecular weight is 295 g/mol. The van der Waals surface area contributed by atoms with Crippen molar-refractivity contribution in [1.82, 2.24) is 14.9 Å². The van der Waals surface area contributed by atoms with Crippen molar-refractivity contribution in [2.75, 3.05) is 13.2 Å². The molecule has 3 aromatic rings. The highest BCUT2D eigenvalue weighted by atomic mass is 16.3. The van der Waals surface area contributed by atoms with Gasteiger partial charge in [-0.05, 0) is 30.2 Å². The normalized spacial score (nSPS) is 11.4. The summed E-state index contributed by atoms with van der Waals surface area (Å²) in [5.41, 5.74) is 4.52. The molecule has 0 bridgehead atoms. The van der Waals surface area contributed by atoms with Crippen molar-refractivity contribution in [3.05, 3.63) is 65.5 Å². The lowest BCUT2D eigenvalue weighted by atomic mass is 10.2. The lowest BCUT2D eigenvalue weighted by molar-refractivity contribution is 0.181. The highest BCUT2D eigenvalue weighted by molar-refractivity contribution is 5.75. The van der Waals surface area contributed by atoms with Crippen LogP contribution in [0.4, 0.5) is 0 Å². The second-order valence-electron chi connectivity index (χ2n) is 5.62. The van der Waals surface area contributed by atoms with E-state index in [9.17, 15) is 5.11 Å². The van der Waals surface area contributed by atoms with E-state index in [-0.39, 0.29) is 6.61 Å². The molecule has 0 aliphatic heterocycles. The summed E-state index contributed by atoms with van der Waals surface area (Å²) in [7, 11) is 0. The van der Waals surface area contributed by atoms with Crippen molar-refractivity contribution in [3.8, 4) is 0 Å². The maximum atomic E-state index is 9.30. The molecule has 0 saturated heterocycles. The van der Waals surface area contributed by atoms with Crippen LogP contribution in [0.5, 0.6) is 0 Å². The maximum Gasteiger partial charge on any atom is 0.121 e. The van der Waals surface area contributed by atoms with E-state index < -0.39 is 0 Å². The van der Waals surface area contributed by atoms with E-state index in [0.29, 0.717) is 13.1 Å². The molecule has 1 heterocycles. The zero-order valence-corrected chi connectivity index (χ0v) is 12.8. The van der Waals surface area contributed by atoms with Crippen molar-refractivity contribution in [1.29, 1.82) is 0 Å². The zero-order chi connectivity index (χ0) is 15.4. The summed E-state index contributed by atoms with van der Waals surface area (Å²) in [5, 5.41) is 9.30. The van der Waals surface area contributed by atoms with Gasteiger partial charge in [0.15, 0.2) is 0 Å². The molecular weight excluding hydrogens is 274 g/mol. The van der Waals surface area contributed by atoms with Crippen molar-refractivity contribution >= 4 is 11.0 Å². The molecule has 0 saturated carbocycles. The maximum absolute atomic E-state index is 9.30. The molecule has 0 fully saturated rings. The van der Waals surface area contributed by atoms with Crippen LogP contribution in [0.15, 0.2) is 48.5 Å². The smallest absolute Gasteiger partial charge is 0.121 e. The first-order valence-corrected chi connectivity index (χ1v) is 7.57. The molecule has 0 atom stereocenters. The van der Waals surface area contributed by atoms with Gasteiger partial charge >= 0.3 is 0 Å². The Hall–Kier alpha value is -2.17. The predicted octanol–water partition coefficient (Wildman–Crippen LogP) is 2.87. The van der Waals surface area contributed by atoms with Crippen LogP contribution in [0.3, 0.4) is 0 Å². The Morgan fingerprint density at radius 3 is 2.68 bits per heavy atom. The Morgan fingerprint density at radius 1 is 1.09 bits per heavy atom. The second-order valence-corrected chi connectivity index (χ2v) is 5.62. The van der Waals surface area contributed by atoms with Gasteiger partial charge in [0.2, 0.25) is 0 Å². The number of aliphatic hydroxyl groups is 1. The summed E-state index contributed by atoms with van der Waals surface area (Å²) in [6, 6.07) is 16.5. The van der Waals surface area contributed by atoms with E-state index in [0.717, 1.165) is 23.4 Å². The summed E-state index contributed by atoms with van der Waals surface area (Å²) < 4.78 is 0. The zero-order valence-electron chi connectivity index (χ0n) is 12.8. The minimum atomic E-state index is 0.145. The Morgan fingerprint density at radius 2 is 1.91 bits per heavy atom. The minimum absolute atomic E-state index is 0.145. The second kappa shape index (κ2) is 6.73. The summed E-state index contributed by atoms with van der Waals surface area (Å²) in [5.74, 6) is 0.935. The van der Waals surface area contributed by atoms with Crippen LogP contribution in [-0.2, 0) is 13.1 Å². The van der Waals surface area contributed by atoms with Crippen LogP contribution < -0.4 is 0 Å². The number of fused-ring (bicyclic) bond motifs is 1. The van der Waals surface area contributed by atoms with Crippen LogP contribution in [0, 0.1) is 6.92 Å². The predicted molar refractivity (Wildman–Crippen MR) is 88.5 cm³/mol. The highest BCUT2D eigenvalue weighted by Crippen LogP contribution is 2.15. The molecule has 22 heavy (non-hydrogen) atoms. The summed E-state index contributed by atoms with van der Waals surface area (Å²) in [6.07, 6.45) is 0. The molecular formula is C18H21N3O. The molecule has 3 rings (SSSR count). The quantitative estimate of drug-likeness (QED) is 0.735. The molecule has 4 heteroatoms. The fraction of sp³-hybridized carbons (Fsp3) is 0.278. The molecule has 0 amide bonds. The van der Waals surface area contributed by atoms with E-state index >= 15 is 0 Å². The van der Waals surface area contributed by atoms with Crippen molar-refractivity contribution in [3.63, 3.8) is 0 Å². The number of hydrogen-bond donors (Lipinski definition) is 2. The number of benzene rings is 2. The average Bonchev–Trinajstić information content (AvgIpc) is 2.90. The van der Waals surface area contributed by atoms with Gasteiger partial charge in [-0.25, -0.2) is 4.98 Å². The van der Waals surface area contributed by atoms with Gasteiger partial charge in [0.05, 0.1) is 24.2 Å². The van der Waals surface area contributed by atoms with E-state index in [2.05, 4.69) is 46.1 Å². The van der Waals surface area contributed by atoms with E-state index in [1.807, 2.05) is 24.3 Å². The SMILES string of the molecule is Cc1ccc2nc(CN(CCO)Cc3ccccc3)[nH]c2c1. The van der Waals surface area contributed by atoms with Crippen LogP contribution in [-0.4, -0.2) is 33.1 Å². The highest BCUT2D eigenvalue weighted by Gasteiger charge is 2.10. The van der Waals surface area contributed by atoms with Crippen LogP contribution in [0.1, 0.15) is 17.0 Å². The number of rotatable bonds is 6. The first kappa shape index (κ1) is 14.8. The number of nitrogens with zero attached hydrogens (tertiary/aromatic N) is 2. The molecule has 114 valence electrons. The Balaban J connectivity index is 1.76. The van der Waals surface area contributed by atoms with Crippen molar-refractivity contribution in [2.45, 2.75) is 20.0 Å².